The highest BCUT2D eigenvalue weighted by Crippen LogP contribution is 2.19. The summed E-state index contributed by atoms with van der Waals surface area (Å²) in [7, 11) is 1.83. The zero-order valence-electron chi connectivity index (χ0n) is 12.3. The smallest absolute Gasteiger partial charge is 0.326 e. The molecule has 0 aliphatic carbocycles. The van der Waals surface area contributed by atoms with Crippen LogP contribution in [-0.4, -0.2) is 49.2 Å². The largest absolute Gasteiger partial charge is 0.465 e. The summed E-state index contributed by atoms with van der Waals surface area (Å²) in [6, 6.07) is 0.641. The number of piperidine rings is 1. The van der Waals surface area contributed by atoms with Gasteiger partial charge in [0.1, 0.15) is 5.54 Å². The molecule has 1 aliphatic heterocycles. The molecule has 0 saturated carbocycles. The lowest BCUT2D eigenvalue weighted by Crippen LogP contribution is -2.51. The second-order valence-corrected chi connectivity index (χ2v) is 5.43. The number of rotatable bonds is 6. The maximum atomic E-state index is 11.9. The Hall–Kier alpha value is -0.610. The van der Waals surface area contributed by atoms with Crippen molar-refractivity contribution in [2.45, 2.75) is 58.0 Å². The molecule has 0 aromatic heterocycles. The lowest BCUT2D eigenvalue weighted by Gasteiger charge is -2.36. The number of likely N-dealkylation sites (tertiary alicyclic amines) is 1. The van der Waals surface area contributed by atoms with Gasteiger partial charge in [-0.1, -0.05) is 6.42 Å². The van der Waals surface area contributed by atoms with Crippen LogP contribution in [0.4, 0.5) is 0 Å². The molecule has 0 radical (unpaired) electrons. The van der Waals surface area contributed by atoms with Crippen molar-refractivity contribution in [1.29, 1.82) is 0 Å². The summed E-state index contributed by atoms with van der Waals surface area (Å²) in [6.07, 6.45) is 4.68. The van der Waals surface area contributed by atoms with E-state index in [1.54, 1.807) is 0 Å². The fourth-order valence-corrected chi connectivity index (χ4v) is 2.48. The molecule has 18 heavy (non-hydrogen) atoms. The minimum absolute atomic E-state index is 0.142. The number of nitrogens with one attached hydrogen (secondary N) is 1. The van der Waals surface area contributed by atoms with Gasteiger partial charge in [0.05, 0.1) is 6.61 Å². The molecule has 1 N–H and O–H groups in total. The lowest BCUT2D eigenvalue weighted by atomic mass is 9.96. The summed E-state index contributed by atoms with van der Waals surface area (Å²) < 4.78 is 5.14. The zero-order valence-corrected chi connectivity index (χ0v) is 12.3. The van der Waals surface area contributed by atoms with Crippen LogP contribution in [0, 0.1) is 0 Å². The Bertz CT molecular complexity index is 271. The predicted molar refractivity (Wildman–Crippen MR) is 73.6 cm³/mol. The van der Waals surface area contributed by atoms with Gasteiger partial charge in [-0.15, -0.1) is 0 Å². The molecular formula is C14H28N2O2. The van der Waals surface area contributed by atoms with Crippen molar-refractivity contribution < 1.29 is 9.53 Å². The third-order valence-electron chi connectivity index (χ3n) is 4.12. The number of carbonyl (C=O) groups excluding carboxylic acids is 1. The molecule has 4 nitrogen and oxygen atoms in total. The van der Waals surface area contributed by atoms with E-state index in [1.165, 1.54) is 19.3 Å². The first-order valence-corrected chi connectivity index (χ1v) is 7.13. The molecule has 0 spiro atoms. The molecule has 0 aromatic carbocycles. The van der Waals surface area contributed by atoms with Crippen molar-refractivity contribution in [3.05, 3.63) is 0 Å². The van der Waals surface area contributed by atoms with E-state index in [9.17, 15) is 4.79 Å². The van der Waals surface area contributed by atoms with Crippen molar-refractivity contribution in [3.8, 4) is 0 Å². The van der Waals surface area contributed by atoms with E-state index in [2.05, 4.69) is 17.1 Å². The molecule has 2 atom stereocenters. The Balaban J connectivity index is 2.49. The predicted octanol–water partition coefficient (Wildman–Crippen LogP) is 1.79. The van der Waals surface area contributed by atoms with E-state index in [1.807, 2.05) is 20.9 Å². The van der Waals surface area contributed by atoms with Gasteiger partial charge in [0, 0.05) is 12.6 Å². The quantitative estimate of drug-likeness (QED) is 0.736. The summed E-state index contributed by atoms with van der Waals surface area (Å²) in [5.41, 5.74) is -0.562. The molecule has 0 amide bonds. The van der Waals surface area contributed by atoms with Gasteiger partial charge in [0.25, 0.3) is 0 Å². The number of hydrogen-bond acceptors (Lipinski definition) is 4. The van der Waals surface area contributed by atoms with Gasteiger partial charge in [0.15, 0.2) is 0 Å². The molecule has 0 bridgehead atoms. The van der Waals surface area contributed by atoms with Crippen LogP contribution in [0.3, 0.4) is 0 Å². The average molecular weight is 256 g/mol. The Morgan fingerprint density at radius 1 is 1.50 bits per heavy atom. The number of carbonyl (C=O) groups is 1. The van der Waals surface area contributed by atoms with Gasteiger partial charge in [-0.25, -0.2) is 0 Å². The van der Waals surface area contributed by atoms with Crippen molar-refractivity contribution in [1.82, 2.24) is 10.2 Å². The Morgan fingerprint density at radius 2 is 2.22 bits per heavy atom. The normalized spacial score (nSPS) is 24.6. The Labute approximate surface area is 111 Å². The van der Waals surface area contributed by atoms with E-state index < -0.39 is 5.54 Å². The molecule has 106 valence electrons. The number of ether oxygens (including phenoxy) is 1. The maximum absolute atomic E-state index is 11.9. The number of nitrogens with zero attached hydrogens (tertiary/aromatic N) is 1. The van der Waals surface area contributed by atoms with Gasteiger partial charge in [-0.2, -0.15) is 0 Å². The fraction of sp³-hybridized carbons (Fsp3) is 0.929. The van der Waals surface area contributed by atoms with E-state index in [4.69, 9.17) is 4.74 Å². The molecular weight excluding hydrogens is 228 g/mol. The third kappa shape index (κ3) is 3.95. The standard InChI is InChI=1S/C14H28N2O2/c1-5-18-13(17)14(3,15-4)9-11-16-10-7-6-8-12(16)2/h12,15H,5-11H2,1-4H3. The van der Waals surface area contributed by atoms with Gasteiger partial charge >= 0.3 is 5.97 Å². The zero-order chi connectivity index (χ0) is 13.6. The topological polar surface area (TPSA) is 41.6 Å². The lowest BCUT2D eigenvalue weighted by molar-refractivity contribution is -0.150. The number of hydrogen-bond donors (Lipinski definition) is 1. The summed E-state index contributed by atoms with van der Waals surface area (Å²) >= 11 is 0. The molecule has 0 aromatic rings. The second kappa shape index (κ2) is 7.10. The SMILES string of the molecule is CCOC(=O)C(C)(CCN1CCCCC1C)NC. The minimum Gasteiger partial charge on any atom is -0.465 e. The first kappa shape index (κ1) is 15.4. The van der Waals surface area contributed by atoms with E-state index in [0.29, 0.717) is 12.6 Å². The molecule has 1 saturated heterocycles. The molecule has 4 heteroatoms. The highest BCUT2D eigenvalue weighted by Gasteiger charge is 2.33. The minimum atomic E-state index is -0.562. The van der Waals surface area contributed by atoms with Crippen LogP contribution >= 0.6 is 0 Å². The van der Waals surface area contributed by atoms with Crippen LogP contribution in [0.5, 0.6) is 0 Å². The summed E-state index contributed by atoms with van der Waals surface area (Å²) in [4.78, 5) is 14.4. The van der Waals surface area contributed by atoms with Crippen LogP contribution in [0.15, 0.2) is 0 Å². The maximum Gasteiger partial charge on any atom is 0.326 e. The highest BCUT2D eigenvalue weighted by atomic mass is 16.5. The van der Waals surface area contributed by atoms with Crippen LogP contribution in [0.1, 0.15) is 46.5 Å². The molecule has 1 rings (SSSR count). The fourth-order valence-electron chi connectivity index (χ4n) is 2.48. The van der Waals surface area contributed by atoms with Crippen LogP contribution in [0.2, 0.25) is 0 Å². The Kier molecular flexibility index (Phi) is 6.09. The molecule has 2 unspecified atom stereocenters. The highest BCUT2D eigenvalue weighted by molar-refractivity contribution is 5.80. The summed E-state index contributed by atoms with van der Waals surface area (Å²) in [6.45, 7) is 8.61. The van der Waals surface area contributed by atoms with Crippen molar-refractivity contribution in [3.63, 3.8) is 0 Å². The van der Waals surface area contributed by atoms with E-state index >= 15 is 0 Å². The summed E-state index contributed by atoms with van der Waals surface area (Å²) in [5, 5.41) is 3.12. The number of likely N-dealkylation sites (N-methyl/N-ethyl adjacent to an activating group) is 1. The second-order valence-electron chi connectivity index (χ2n) is 5.43. The first-order valence-electron chi connectivity index (χ1n) is 7.13. The molecule has 1 heterocycles. The first-order chi connectivity index (χ1) is 8.53. The van der Waals surface area contributed by atoms with Gasteiger partial charge in [0.2, 0.25) is 0 Å². The van der Waals surface area contributed by atoms with E-state index in [-0.39, 0.29) is 5.97 Å². The molecule has 1 aliphatic rings. The van der Waals surface area contributed by atoms with Crippen LogP contribution < -0.4 is 5.32 Å². The van der Waals surface area contributed by atoms with Gasteiger partial charge in [-0.3, -0.25) is 4.79 Å². The molecule has 1 fully saturated rings. The van der Waals surface area contributed by atoms with Crippen molar-refractivity contribution >= 4 is 5.97 Å². The monoisotopic (exact) mass is 256 g/mol. The van der Waals surface area contributed by atoms with Crippen LogP contribution in [-0.2, 0) is 9.53 Å². The average Bonchev–Trinajstić information content (AvgIpc) is 2.37. The van der Waals surface area contributed by atoms with Crippen molar-refractivity contribution in [2.75, 3.05) is 26.7 Å². The summed E-state index contributed by atoms with van der Waals surface area (Å²) in [5.74, 6) is -0.142. The van der Waals surface area contributed by atoms with Gasteiger partial charge in [-0.05, 0) is 53.6 Å². The van der Waals surface area contributed by atoms with Gasteiger partial charge < -0.3 is 15.0 Å². The Morgan fingerprint density at radius 3 is 2.78 bits per heavy atom. The van der Waals surface area contributed by atoms with Crippen LogP contribution in [0.25, 0.3) is 0 Å². The third-order valence-corrected chi connectivity index (χ3v) is 4.12. The van der Waals surface area contributed by atoms with Crippen molar-refractivity contribution in [2.24, 2.45) is 0 Å². The van der Waals surface area contributed by atoms with E-state index in [0.717, 1.165) is 19.5 Å². The number of esters is 1.